The van der Waals surface area contributed by atoms with Gasteiger partial charge in [-0.15, -0.1) is 0 Å². The Morgan fingerprint density at radius 3 is 2.74 bits per heavy atom. The fourth-order valence-corrected chi connectivity index (χ4v) is 1.72. The fraction of sp³-hybridized carbons (Fsp3) is 0.231. The molecule has 19 heavy (non-hydrogen) atoms. The largest absolute Gasteiger partial charge is 0.355 e. The SMILES string of the molecule is CC(CNc1ncc(Cl)c(=O)[nH]1)c1ccc(F)cc1. The standard InChI is InChI=1S/C13H13ClFN3O/c1-8(9-2-4-10(15)5-3-9)6-16-13-17-7-11(14)12(19)18-13/h2-5,7-8H,6H2,1H3,(H2,16,17,18,19). The molecular formula is C13H13ClFN3O. The van der Waals surface area contributed by atoms with Gasteiger partial charge in [-0.05, 0) is 23.6 Å². The summed E-state index contributed by atoms with van der Waals surface area (Å²) in [5, 5.41) is 3.06. The maximum Gasteiger partial charge on any atom is 0.271 e. The maximum atomic E-state index is 12.8. The van der Waals surface area contributed by atoms with Crippen molar-refractivity contribution in [2.75, 3.05) is 11.9 Å². The number of aromatic nitrogens is 2. The molecule has 6 heteroatoms. The Kier molecular flexibility index (Phi) is 4.16. The average Bonchev–Trinajstić information content (AvgIpc) is 2.40. The number of benzene rings is 1. The number of nitrogens with one attached hydrogen (secondary N) is 2. The smallest absolute Gasteiger partial charge is 0.271 e. The first-order valence-electron chi connectivity index (χ1n) is 5.80. The van der Waals surface area contributed by atoms with Crippen LogP contribution in [0.3, 0.4) is 0 Å². The van der Waals surface area contributed by atoms with Crippen LogP contribution in [0.1, 0.15) is 18.4 Å². The lowest BCUT2D eigenvalue weighted by Gasteiger charge is -2.13. The topological polar surface area (TPSA) is 57.8 Å². The molecule has 100 valence electrons. The molecule has 0 amide bonds. The number of rotatable bonds is 4. The van der Waals surface area contributed by atoms with Gasteiger partial charge in [0, 0.05) is 6.54 Å². The van der Waals surface area contributed by atoms with E-state index in [1.54, 1.807) is 12.1 Å². The minimum atomic E-state index is -0.381. The van der Waals surface area contributed by atoms with Crippen LogP contribution in [0.2, 0.25) is 5.02 Å². The van der Waals surface area contributed by atoms with E-state index in [2.05, 4.69) is 15.3 Å². The van der Waals surface area contributed by atoms with Crippen molar-refractivity contribution in [3.8, 4) is 0 Å². The summed E-state index contributed by atoms with van der Waals surface area (Å²) >= 11 is 5.58. The molecule has 1 aromatic heterocycles. The van der Waals surface area contributed by atoms with Crippen molar-refractivity contribution in [2.24, 2.45) is 0 Å². The van der Waals surface area contributed by atoms with E-state index in [4.69, 9.17) is 11.6 Å². The number of H-pyrrole nitrogens is 1. The van der Waals surface area contributed by atoms with Gasteiger partial charge in [-0.1, -0.05) is 30.7 Å². The van der Waals surface area contributed by atoms with E-state index in [9.17, 15) is 9.18 Å². The average molecular weight is 282 g/mol. The van der Waals surface area contributed by atoms with Crippen molar-refractivity contribution in [1.29, 1.82) is 0 Å². The van der Waals surface area contributed by atoms with Crippen LogP contribution >= 0.6 is 11.6 Å². The van der Waals surface area contributed by atoms with Crippen LogP contribution in [0, 0.1) is 5.82 Å². The minimum absolute atomic E-state index is 0.0529. The summed E-state index contributed by atoms with van der Waals surface area (Å²) in [6.45, 7) is 2.56. The number of nitrogens with zero attached hydrogens (tertiary/aromatic N) is 1. The van der Waals surface area contributed by atoms with E-state index in [1.807, 2.05) is 6.92 Å². The summed E-state index contributed by atoms with van der Waals surface area (Å²) in [6, 6.07) is 6.32. The fourth-order valence-electron chi connectivity index (χ4n) is 1.63. The molecule has 1 unspecified atom stereocenters. The summed E-state index contributed by atoms with van der Waals surface area (Å²) in [5.74, 6) is 0.262. The Morgan fingerprint density at radius 1 is 1.42 bits per heavy atom. The number of hydrogen-bond donors (Lipinski definition) is 2. The highest BCUT2D eigenvalue weighted by molar-refractivity contribution is 6.30. The molecule has 1 heterocycles. The third kappa shape index (κ3) is 3.54. The first kappa shape index (κ1) is 13.5. The molecule has 0 spiro atoms. The molecule has 0 radical (unpaired) electrons. The van der Waals surface area contributed by atoms with Gasteiger partial charge in [-0.2, -0.15) is 0 Å². The second-order valence-electron chi connectivity index (χ2n) is 4.24. The molecule has 2 aromatic rings. The van der Waals surface area contributed by atoms with Gasteiger partial charge in [0.2, 0.25) is 5.95 Å². The number of halogens is 2. The molecule has 0 saturated carbocycles. The van der Waals surface area contributed by atoms with Gasteiger partial charge in [-0.25, -0.2) is 9.37 Å². The normalized spacial score (nSPS) is 12.2. The van der Waals surface area contributed by atoms with Gasteiger partial charge in [0.05, 0.1) is 6.20 Å². The lowest BCUT2D eigenvalue weighted by atomic mass is 10.0. The molecule has 1 atom stereocenters. The quantitative estimate of drug-likeness (QED) is 0.906. The lowest BCUT2D eigenvalue weighted by molar-refractivity contribution is 0.626. The van der Waals surface area contributed by atoms with Crippen molar-refractivity contribution >= 4 is 17.5 Å². The lowest BCUT2D eigenvalue weighted by Crippen LogP contribution is -2.16. The summed E-state index contributed by atoms with van der Waals surface area (Å²) < 4.78 is 12.8. The van der Waals surface area contributed by atoms with E-state index < -0.39 is 0 Å². The minimum Gasteiger partial charge on any atom is -0.355 e. The molecule has 0 aliphatic carbocycles. The second-order valence-corrected chi connectivity index (χ2v) is 4.65. The van der Waals surface area contributed by atoms with Gasteiger partial charge in [-0.3, -0.25) is 9.78 Å². The predicted molar refractivity (Wildman–Crippen MR) is 73.2 cm³/mol. The second kappa shape index (κ2) is 5.84. The van der Waals surface area contributed by atoms with Gasteiger partial charge >= 0.3 is 0 Å². The maximum absolute atomic E-state index is 12.8. The first-order valence-corrected chi connectivity index (χ1v) is 6.18. The van der Waals surface area contributed by atoms with Gasteiger partial charge in [0.25, 0.3) is 5.56 Å². The van der Waals surface area contributed by atoms with Crippen molar-refractivity contribution in [3.63, 3.8) is 0 Å². The summed E-state index contributed by atoms with van der Waals surface area (Å²) in [5.41, 5.74) is 0.624. The zero-order chi connectivity index (χ0) is 13.8. The Morgan fingerprint density at radius 2 is 2.11 bits per heavy atom. The molecule has 2 rings (SSSR count). The molecule has 1 aromatic carbocycles. The van der Waals surface area contributed by atoms with Crippen LogP contribution in [0.4, 0.5) is 10.3 Å². The van der Waals surface area contributed by atoms with Crippen LogP contribution in [0.5, 0.6) is 0 Å². The highest BCUT2D eigenvalue weighted by atomic mass is 35.5. The van der Waals surface area contributed by atoms with Crippen molar-refractivity contribution < 1.29 is 4.39 Å². The molecule has 0 fully saturated rings. The molecule has 4 nitrogen and oxygen atoms in total. The van der Waals surface area contributed by atoms with E-state index in [1.165, 1.54) is 18.3 Å². The van der Waals surface area contributed by atoms with E-state index in [0.717, 1.165) is 5.56 Å². The number of anilines is 1. The number of aromatic amines is 1. The Bertz CT molecular complexity index is 612. The Labute approximate surface area is 114 Å². The van der Waals surface area contributed by atoms with Crippen LogP contribution in [0.15, 0.2) is 35.3 Å². The van der Waals surface area contributed by atoms with Gasteiger partial charge in [0.15, 0.2) is 0 Å². The van der Waals surface area contributed by atoms with E-state index in [-0.39, 0.29) is 22.3 Å². The summed E-state index contributed by atoms with van der Waals surface area (Å²) in [4.78, 5) is 17.8. The molecular weight excluding hydrogens is 269 g/mol. The molecule has 0 aliphatic heterocycles. The molecule has 2 N–H and O–H groups in total. The van der Waals surface area contributed by atoms with Crippen LogP contribution in [-0.4, -0.2) is 16.5 Å². The van der Waals surface area contributed by atoms with Gasteiger partial charge < -0.3 is 5.32 Å². The Hall–Kier alpha value is -1.88. The zero-order valence-electron chi connectivity index (χ0n) is 10.3. The molecule has 0 bridgehead atoms. The van der Waals surface area contributed by atoms with E-state index in [0.29, 0.717) is 12.5 Å². The van der Waals surface area contributed by atoms with Gasteiger partial charge in [0.1, 0.15) is 10.8 Å². The first-order chi connectivity index (χ1) is 9.06. The van der Waals surface area contributed by atoms with Crippen LogP contribution < -0.4 is 10.9 Å². The summed E-state index contributed by atoms with van der Waals surface area (Å²) in [6.07, 6.45) is 1.30. The van der Waals surface area contributed by atoms with Crippen molar-refractivity contribution in [2.45, 2.75) is 12.8 Å². The highest BCUT2D eigenvalue weighted by Gasteiger charge is 2.06. The van der Waals surface area contributed by atoms with Crippen LogP contribution in [0.25, 0.3) is 0 Å². The van der Waals surface area contributed by atoms with Crippen molar-refractivity contribution in [1.82, 2.24) is 9.97 Å². The number of hydrogen-bond acceptors (Lipinski definition) is 3. The Balaban J connectivity index is 2.00. The van der Waals surface area contributed by atoms with E-state index >= 15 is 0 Å². The predicted octanol–water partition coefficient (Wildman–Crippen LogP) is 2.78. The van der Waals surface area contributed by atoms with Crippen LogP contribution in [-0.2, 0) is 0 Å². The monoisotopic (exact) mass is 281 g/mol. The van der Waals surface area contributed by atoms with Crippen molar-refractivity contribution in [3.05, 3.63) is 57.2 Å². The highest BCUT2D eigenvalue weighted by Crippen LogP contribution is 2.15. The summed E-state index contributed by atoms with van der Waals surface area (Å²) in [7, 11) is 0. The third-order valence-electron chi connectivity index (χ3n) is 2.77. The zero-order valence-corrected chi connectivity index (χ0v) is 11.0. The molecule has 0 aliphatic rings. The third-order valence-corrected chi connectivity index (χ3v) is 3.04. The molecule has 0 saturated heterocycles.